The maximum Gasteiger partial charge on any atom is 0.314 e. The molecule has 5 heterocycles. The first kappa shape index (κ1) is 24.9. The van der Waals surface area contributed by atoms with Crippen LogP contribution in [0.1, 0.15) is 56.1 Å². The van der Waals surface area contributed by atoms with Gasteiger partial charge in [-0.1, -0.05) is 13.0 Å². The molecule has 2 aliphatic rings. The molecule has 4 aromatic rings. The van der Waals surface area contributed by atoms with E-state index in [1.54, 1.807) is 28.6 Å². The van der Waals surface area contributed by atoms with Crippen LogP contribution in [0.25, 0.3) is 21.1 Å². The Morgan fingerprint density at radius 1 is 1.18 bits per heavy atom. The predicted octanol–water partition coefficient (Wildman–Crippen LogP) is 4.53. The molecule has 1 unspecified atom stereocenters. The van der Waals surface area contributed by atoms with E-state index in [-0.39, 0.29) is 6.04 Å². The summed E-state index contributed by atoms with van der Waals surface area (Å²) in [5.41, 5.74) is 3.10. The first-order chi connectivity index (χ1) is 18.5. The van der Waals surface area contributed by atoms with Gasteiger partial charge in [0.15, 0.2) is 0 Å². The van der Waals surface area contributed by atoms with Crippen molar-refractivity contribution in [1.82, 2.24) is 30.0 Å². The van der Waals surface area contributed by atoms with Gasteiger partial charge in [0.1, 0.15) is 0 Å². The van der Waals surface area contributed by atoms with E-state index in [1.165, 1.54) is 32.1 Å². The van der Waals surface area contributed by atoms with Crippen LogP contribution in [0.2, 0.25) is 0 Å². The lowest BCUT2D eigenvalue weighted by Gasteiger charge is -2.38. The van der Waals surface area contributed by atoms with Gasteiger partial charge in [-0.2, -0.15) is 5.10 Å². The van der Waals surface area contributed by atoms with Crippen LogP contribution < -0.4 is 5.32 Å². The minimum atomic E-state index is -0.666. The first-order valence-corrected chi connectivity index (χ1v) is 14.3. The SMILES string of the molecule is CC(Cc1nc2cc([C@H]3CC[C@H](C)CN3C(=O)C(=O)Nc3cncc4cn[nH]c34)ccc2s1)N1CCCC1. The van der Waals surface area contributed by atoms with Gasteiger partial charge in [-0.05, 0) is 69.3 Å². The molecule has 2 N–H and O–H groups in total. The summed E-state index contributed by atoms with van der Waals surface area (Å²) in [4.78, 5) is 40.0. The lowest BCUT2D eigenvalue weighted by Crippen LogP contribution is -2.46. The molecule has 0 aliphatic carbocycles. The van der Waals surface area contributed by atoms with E-state index >= 15 is 0 Å². The quantitative estimate of drug-likeness (QED) is 0.367. The number of anilines is 1. The number of hydrogen-bond acceptors (Lipinski definition) is 7. The van der Waals surface area contributed by atoms with E-state index in [9.17, 15) is 9.59 Å². The molecule has 3 aromatic heterocycles. The number of thiazole rings is 1. The number of aromatic nitrogens is 4. The van der Waals surface area contributed by atoms with Crippen LogP contribution in [-0.4, -0.2) is 67.5 Å². The lowest BCUT2D eigenvalue weighted by molar-refractivity contribution is -0.146. The van der Waals surface area contributed by atoms with Gasteiger partial charge in [-0.3, -0.25) is 19.7 Å². The first-order valence-electron chi connectivity index (χ1n) is 13.5. The van der Waals surface area contributed by atoms with Crippen molar-refractivity contribution in [2.75, 3.05) is 25.0 Å². The van der Waals surface area contributed by atoms with Crippen LogP contribution >= 0.6 is 11.3 Å². The van der Waals surface area contributed by atoms with Crippen molar-refractivity contribution in [3.8, 4) is 0 Å². The number of pyridine rings is 1. The molecule has 2 aliphatic heterocycles. The summed E-state index contributed by atoms with van der Waals surface area (Å²) in [7, 11) is 0. The number of amides is 2. The molecule has 2 amide bonds. The van der Waals surface area contributed by atoms with Crippen molar-refractivity contribution in [3.05, 3.63) is 47.4 Å². The maximum absolute atomic E-state index is 13.5. The summed E-state index contributed by atoms with van der Waals surface area (Å²) in [6.07, 6.45) is 10.2. The van der Waals surface area contributed by atoms with E-state index in [0.717, 1.165) is 45.4 Å². The number of aromatic amines is 1. The highest BCUT2D eigenvalue weighted by molar-refractivity contribution is 7.18. The second kappa shape index (κ2) is 10.4. The minimum absolute atomic E-state index is 0.163. The second-order valence-corrected chi connectivity index (χ2v) is 11.9. The molecule has 1 aromatic carbocycles. The van der Waals surface area contributed by atoms with E-state index in [0.29, 0.717) is 29.7 Å². The molecule has 10 heteroatoms. The Morgan fingerprint density at radius 3 is 2.87 bits per heavy atom. The fourth-order valence-electron chi connectivity index (χ4n) is 5.84. The van der Waals surface area contributed by atoms with Crippen LogP contribution in [0.15, 0.2) is 36.8 Å². The number of rotatable bonds is 5. The molecule has 2 fully saturated rings. The summed E-state index contributed by atoms with van der Waals surface area (Å²) < 4.78 is 1.16. The average Bonchev–Trinajstić information content (AvgIpc) is 3.68. The Bertz CT molecular complexity index is 1470. The maximum atomic E-state index is 13.5. The fourth-order valence-corrected chi connectivity index (χ4v) is 6.91. The number of piperidine rings is 1. The number of nitrogens with zero attached hydrogens (tertiary/aromatic N) is 5. The zero-order valence-electron chi connectivity index (χ0n) is 21.8. The smallest absolute Gasteiger partial charge is 0.314 e. The standard InChI is InChI=1S/C28H33N7O2S/c1-17-5-7-23(35(16-17)28(37)27(36)32-22-15-29-13-20-14-30-33-26(20)22)19-6-8-24-21(12-19)31-25(38-24)11-18(2)34-9-3-4-10-34/h6,8,12-15,17-18,23H,3-5,7,9-11,16H2,1-2H3,(H,30,33)(H,32,36)/t17-,18?,23+/m0/s1. The van der Waals surface area contributed by atoms with Crippen molar-refractivity contribution in [3.63, 3.8) is 0 Å². The van der Waals surface area contributed by atoms with E-state index < -0.39 is 11.8 Å². The number of carbonyl (C=O) groups excluding carboxylic acids is 2. The lowest BCUT2D eigenvalue weighted by atomic mass is 9.89. The molecular formula is C28H33N7O2S. The highest BCUT2D eigenvalue weighted by atomic mass is 32.1. The Kier molecular flexibility index (Phi) is 6.84. The van der Waals surface area contributed by atoms with E-state index in [2.05, 4.69) is 57.4 Å². The molecule has 3 atom stereocenters. The predicted molar refractivity (Wildman–Crippen MR) is 149 cm³/mol. The van der Waals surface area contributed by atoms with E-state index in [4.69, 9.17) is 4.98 Å². The number of fused-ring (bicyclic) bond motifs is 2. The minimum Gasteiger partial charge on any atom is -0.327 e. The largest absolute Gasteiger partial charge is 0.327 e. The van der Waals surface area contributed by atoms with Gasteiger partial charge in [-0.25, -0.2) is 4.98 Å². The normalized spacial score (nSPS) is 21.3. The highest BCUT2D eigenvalue weighted by Crippen LogP contribution is 2.36. The number of hydrogen-bond donors (Lipinski definition) is 2. The summed E-state index contributed by atoms with van der Waals surface area (Å²) in [6, 6.07) is 6.67. The van der Waals surface area contributed by atoms with Crippen molar-refractivity contribution in [1.29, 1.82) is 0 Å². The Hall–Kier alpha value is -3.37. The second-order valence-electron chi connectivity index (χ2n) is 10.8. The van der Waals surface area contributed by atoms with Gasteiger partial charge in [-0.15, -0.1) is 11.3 Å². The molecule has 0 bridgehead atoms. The van der Waals surface area contributed by atoms with Crippen LogP contribution in [-0.2, 0) is 16.0 Å². The highest BCUT2D eigenvalue weighted by Gasteiger charge is 2.34. The van der Waals surface area contributed by atoms with Gasteiger partial charge in [0, 0.05) is 30.6 Å². The summed E-state index contributed by atoms with van der Waals surface area (Å²) >= 11 is 1.76. The molecule has 0 spiro atoms. The molecule has 198 valence electrons. The van der Waals surface area contributed by atoms with Crippen LogP contribution in [0.4, 0.5) is 5.69 Å². The molecule has 2 saturated heterocycles. The summed E-state index contributed by atoms with van der Waals surface area (Å²) in [5.74, 6) is -0.875. The Balaban J connectivity index is 1.21. The molecule has 6 rings (SSSR count). The number of benzene rings is 1. The van der Waals surface area contributed by atoms with Gasteiger partial charge in [0.25, 0.3) is 0 Å². The third kappa shape index (κ3) is 4.90. The van der Waals surface area contributed by atoms with Crippen molar-refractivity contribution in [2.45, 2.75) is 58.0 Å². The number of likely N-dealkylation sites (tertiary alicyclic amines) is 2. The third-order valence-electron chi connectivity index (χ3n) is 7.95. The Morgan fingerprint density at radius 2 is 2.03 bits per heavy atom. The van der Waals surface area contributed by atoms with Crippen LogP contribution in [0, 0.1) is 5.92 Å². The zero-order valence-corrected chi connectivity index (χ0v) is 22.6. The number of carbonyl (C=O) groups is 2. The number of nitrogens with one attached hydrogen (secondary N) is 2. The monoisotopic (exact) mass is 531 g/mol. The summed E-state index contributed by atoms with van der Waals surface area (Å²) in [6.45, 7) is 7.32. The van der Waals surface area contributed by atoms with Gasteiger partial charge < -0.3 is 15.1 Å². The molecular weight excluding hydrogens is 498 g/mol. The molecule has 38 heavy (non-hydrogen) atoms. The van der Waals surface area contributed by atoms with E-state index in [1.807, 2.05) is 0 Å². The topological polar surface area (TPSA) is 107 Å². The van der Waals surface area contributed by atoms with Crippen molar-refractivity contribution in [2.24, 2.45) is 5.92 Å². The molecule has 9 nitrogen and oxygen atoms in total. The number of H-pyrrole nitrogens is 1. The zero-order chi connectivity index (χ0) is 26.2. The molecule has 0 radical (unpaired) electrons. The van der Waals surface area contributed by atoms with Crippen molar-refractivity contribution < 1.29 is 9.59 Å². The average molecular weight is 532 g/mol. The Labute approximate surface area is 225 Å². The van der Waals surface area contributed by atoms with Gasteiger partial charge in [0.05, 0.1) is 44.9 Å². The third-order valence-corrected chi connectivity index (χ3v) is 9.01. The molecule has 0 saturated carbocycles. The van der Waals surface area contributed by atoms with Gasteiger partial charge in [0.2, 0.25) is 0 Å². The van der Waals surface area contributed by atoms with Gasteiger partial charge >= 0.3 is 11.8 Å². The fraction of sp³-hybridized carbons (Fsp3) is 0.464. The van der Waals surface area contributed by atoms with Crippen molar-refractivity contribution >= 4 is 50.0 Å². The van der Waals surface area contributed by atoms with Crippen LogP contribution in [0.5, 0.6) is 0 Å². The van der Waals surface area contributed by atoms with Crippen LogP contribution in [0.3, 0.4) is 0 Å². The summed E-state index contributed by atoms with van der Waals surface area (Å²) in [5, 5.41) is 11.5.